The largest absolute Gasteiger partial charge is 0.352 e. The van der Waals surface area contributed by atoms with Crippen LogP contribution in [0.25, 0.3) is 5.82 Å². The van der Waals surface area contributed by atoms with Gasteiger partial charge in [0.2, 0.25) is 5.91 Å². The SMILES string of the molecule is Cc1ccn(-c2ccc(N3CCN(C(=O)CC4CC4)CC3)nn2)n1. The van der Waals surface area contributed by atoms with Crippen LogP contribution in [0.3, 0.4) is 0 Å². The number of nitrogens with zero attached hydrogens (tertiary/aromatic N) is 6. The van der Waals surface area contributed by atoms with Gasteiger partial charge in [-0.1, -0.05) is 0 Å². The van der Waals surface area contributed by atoms with Gasteiger partial charge in [-0.25, -0.2) is 4.68 Å². The Balaban J connectivity index is 1.36. The highest BCUT2D eigenvalue weighted by Gasteiger charge is 2.28. The summed E-state index contributed by atoms with van der Waals surface area (Å²) in [4.78, 5) is 16.3. The summed E-state index contributed by atoms with van der Waals surface area (Å²) in [5, 5.41) is 12.9. The van der Waals surface area contributed by atoms with Crippen molar-refractivity contribution >= 4 is 11.7 Å². The molecule has 0 N–H and O–H groups in total. The number of aryl methyl sites for hydroxylation is 1. The summed E-state index contributed by atoms with van der Waals surface area (Å²) in [7, 11) is 0. The molecule has 2 aromatic heterocycles. The summed E-state index contributed by atoms with van der Waals surface area (Å²) in [6.07, 6.45) is 5.06. The molecule has 1 saturated carbocycles. The van der Waals surface area contributed by atoms with Gasteiger partial charge in [-0.2, -0.15) is 5.10 Å². The maximum Gasteiger partial charge on any atom is 0.222 e. The lowest BCUT2D eigenvalue weighted by Crippen LogP contribution is -2.49. The van der Waals surface area contributed by atoms with Gasteiger partial charge in [0, 0.05) is 38.8 Å². The van der Waals surface area contributed by atoms with E-state index in [9.17, 15) is 4.79 Å². The maximum atomic E-state index is 12.2. The van der Waals surface area contributed by atoms with Crippen LogP contribution in [-0.4, -0.2) is 57.0 Å². The van der Waals surface area contributed by atoms with Crippen molar-refractivity contribution in [2.24, 2.45) is 5.92 Å². The van der Waals surface area contributed by atoms with Crippen LogP contribution < -0.4 is 4.90 Å². The minimum Gasteiger partial charge on any atom is -0.352 e. The van der Waals surface area contributed by atoms with Gasteiger partial charge in [0.25, 0.3) is 0 Å². The Hall–Kier alpha value is -2.44. The van der Waals surface area contributed by atoms with Crippen molar-refractivity contribution in [1.29, 1.82) is 0 Å². The molecule has 0 atom stereocenters. The topological polar surface area (TPSA) is 67.2 Å². The normalized spacial score (nSPS) is 18.0. The molecule has 1 amide bonds. The number of rotatable bonds is 4. The highest BCUT2D eigenvalue weighted by atomic mass is 16.2. The van der Waals surface area contributed by atoms with Gasteiger partial charge in [-0.3, -0.25) is 4.79 Å². The molecule has 0 radical (unpaired) electrons. The van der Waals surface area contributed by atoms with Crippen LogP contribution in [0.15, 0.2) is 24.4 Å². The van der Waals surface area contributed by atoms with E-state index >= 15 is 0 Å². The number of aromatic nitrogens is 4. The first kappa shape index (κ1) is 15.1. The van der Waals surface area contributed by atoms with Gasteiger partial charge in [0.15, 0.2) is 11.6 Å². The number of carbonyl (C=O) groups is 1. The molecule has 7 heteroatoms. The molecule has 4 rings (SSSR count). The molecule has 0 aromatic carbocycles. The fourth-order valence-electron chi connectivity index (χ4n) is 3.03. The van der Waals surface area contributed by atoms with E-state index in [1.165, 1.54) is 12.8 Å². The molecular formula is C17H22N6O. The van der Waals surface area contributed by atoms with Crippen molar-refractivity contribution in [2.75, 3.05) is 31.1 Å². The third-order valence-electron chi connectivity index (χ3n) is 4.71. The second-order valence-electron chi connectivity index (χ2n) is 6.67. The average Bonchev–Trinajstić information content (AvgIpc) is 3.33. The Labute approximate surface area is 141 Å². The molecule has 1 aliphatic heterocycles. The first-order valence-corrected chi connectivity index (χ1v) is 8.58. The van der Waals surface area contributed by atoms with Crippen molar-refractivity contribution in [1.82, 2.24) is 24.9 Å². The molecule has 0 unspecified atom stereocenters. The van der Waals surface area contributed by atoms with Crippen molar-refractivity contribution in [3.63, 3.8) is 0 Å². The lowest BCUT2D eigenvalue weighted by atomic mass is 10.2. The third-order valence-corrected chi connectivity index (χ3v) is 4.71. The maximum absolute atomic E-state index is 12.2. The standard InChI is InChI=1S/C17H22N6O/c1-13-6-7-23(20-13)16-5-4-15(18-19-16)21-8-10-22(11-9-21)17(24)12-14-2-3-14/h4-7,14H,2-3,8-12H2,1H3. The number of amides is 1. The van der Waals surface area contributed by atoms with Crippen LogP contribution in [0.4, 0.5) is 5.82 Å². The van der Waals surface area contributed by atoms with E-state index in [1.807, 2.05) is 36.2 Å². The first-order chi connectivity index (χ1) is 11.7. The number of hydrogen-bond acceptors (Lipinski definition) is 5. The molecule has 2 fully saturated rings. The fourth-order valence-corrected chi connectivity index (χ4v) is 3.03. The van der Waals surface area contributed by atoms with E-state index in [0.29, 0.717) is 17.6 Å². The molecule has 2 aliphatic rings. The van der Waals surface area contributed by atoms with Gasteiger partial charge < -0.3 is 9.80 Å². The zero-order valence-corrected chi connectivity index (χ0v) is 13.9. The third kappa shape index (κ3) is 3.25. The molecule has 1 aliphatic carbocycles. The van der Waals surface area contributed by atoms with E-state index in [-0.39, 0.29) is 0 Å². The van der Waals surface area contributed by atoms with E-state index in [2.05, 4.69) is 20.2 Å². The zero-order chi connectivity index (χ0) is 16.5. The number of anilines is 1. The Kier molecular flexibility index (Phi) is 3.92. The van der Waals surface area contributed by atoms with Crippen LogP contribution in [0.2, 0.25) is 0 Å². The fraction of sp³-hybridized carbons (Fsp3) is 0.529. The predicted octanol–water partition coefficient (Wildman–Crippen LogP) is 1.42. The lowest BCUT2D eigenvalue weighted by Gasteiger charge is -2.35. The summed E-state index contributed by atoms with van der Waals surface area (Å²) in [6, 6.07) is 5.84. The highest BCUT2D eigenvalue weighted by molar-refractivity contribution is 5.77. The summed E-state index contributed by atoms with van der Waals surface area (Å²) < 4.78 is 1.72. The lowest BCUT2D eigenvalue weighted by molar-refractivity contribution is -0.131. The molecular weight excluding hydrogens is 304 g/mol. The van der Waals surface area contributed by atoms with Gasteiger partial charge in [-0.15, -0.1) is 10.2 Å². The summed E-state index contributed by atoms with van der Waals surface area (Å²) in [5.74, 6) is 2.54. The van der Waals surface area contributed by atoms with Crippen LogP contribution in [-0.2, 0) is 4.79 Å². The molecule has 3 heterocycles. The van der Waals surface area contributed by atoms with Gasteiger partial charge >= 0.3 is 0 Å². The van der Waals surface area contributed by atoms with E-state index in [4.69, 9.17) is 0 Å². The van der Waals surface area contributed by atoms with E-state index in [0.717, 1.165) is 44.1 Å². The second kappa shape index (κ2) is 6.22. The predicted molar refractivity (Wildman–Crippen MR) is 90.0 cm³/mol. The van der Waals surface area contributed by atoms with Crippen molar-refractivity contribution in [3.8, 4) is 5.82 Å². The molecule has 0 spiro atoms. The molecule has 0 bridgehead atoms. The number of hydrogen-bond donors (Lipinski definition) is 0. The van der Waals surface area contributed by atoms with Crippen LogP contribution in [0.5, 0.6) is 0 Å². The highest BCUT2D eigenvalue weighted by Crippen LogP contribution is 2.33. The molecule has 126 valence electrons. The zero-order valence-electron chi connectivity index (χ0n) is 13.9. The smallest absolute Gasteiger partial charge is 0.222 e. The van der Waals surface area contributed by atoms with Crippen molar-refractivity contribution in [3.05, 3.63) is 30.1 Å². The van der Waals surface area contributed by atoms with Crippen molar-refractivity contribution < 1.29 is 4.79 Å². The quantitative estimate of drug-likeness (QED) is 0.850. The Morgan fingerprint density at radius 1 is 1.08 bits per heavy atom. The minimum atomic E-state index is 0.313. The Morgan fingerprint density at radius 2 is 1.79 bits per heavy atom. The number of piperazine rings is 1. The Morgan fingerprint density at radius 3 is 2.38 bits per heavy atom. The van der Waals surface area contributed by atoms with Crippen LogP contribution in [0, 0.1) is 12.8 Å². The first-order valence-electron chi connectivity index (χ1n) is 8.58. The molecule has 2 aromatic rings. The van der Waals surface area contributed by atoms with Crippen LogP contribution in [0.1, 0.15) is 25.0 Å². The van der Waals surface area contributed by atoms with Crippen molar-refractivity contribution in [2.45, 2.75) is 26.2 Å². The summed E-state index contributed by atoms with van der Waals surface area (Å²) in [5.41, 5.74) is 0.952. The average molecular weight is 326 g/mol. The summed E-state index contributed by atoms with van der Waals surface area (Å²) >= 11 is 0. The van der Waals surface area contributed by atoms with Gasteiger partial charge in [0.1, 0.15) is 0 Å². The van der Waals surface area contributed by atoms with Crippen LogP contribution >= 0.6 is 0 Å². The summed E-state index contributed by atoms with van der Waals surface area (Å²) in [6.45, 7) is 5.11. The van der Waals surface area contributed by atoms with Gasteiger partial charge in [0.05, 0.1) is 5.69 Å². The van der Waals surface area contributed by atoms with Gasteiger partial charge in [-0.05, 0) is 43.9 Å². The minimum absolute atomic E-state index is 0.313. The molecule has 24 heavy (non-hydrogen) atoms. The monoisotopic (exact) mass is 326 g/mol. The molecule has 1 saturated heterocycles. The number of carbonyl (C=O) groups excluding carboxylic acids is 1. The molecule has 7 nitrogen and oxygen atoms in total. The van der Waals surface area contributed by atoms with E-state index < -0.39 is 0 Å². The second-order valence-corrected chi connectivity index (χ2v) is 6.67. The Bertz CT molecular complexity index is 713. The van der Waals surface area contributed by atoms with E-state index in [1.54, 1.807) is 4.68 Å².